The summed E-state index contributed by atoms with van der Waals surface area (Å²) in [6.07, 6.45) is 2.86. The van der Waals surface area contributed by atoms with Gasteiger partial charge in [0.25, 0.3) is 5.91 Å². The average molecular weight is 428 g/mol. The third kappa shape index (κ3) is 5.76. The zero-order valence-corrected chi connectivity index (χ0v) is 18.3. The summed E-state index contributed by atoms with van der Waals surface area (Å²) < 4.78 is 0. The van der Waals surface area contributed by atoms with Crippen LogP contribution in [0.15, 0.2) is 78.9 Å². The summed E-state index contributed by atoms with van der Waals surface area (Å²) in [4.78, 5) is 24.9. The van der Waals surface area contributed by atoms with E-state index in [9.17, 15) is 9.59 Å². The minimum Gasteiger partial charge on any atom is -0.349 e. The molecule has 5 nitrogen and oxygen atoms in total. The number of amides is 3. The molecule has 0 atom stereocenters. The first kappa shape index (κ1) is 21.6. The topological polar surface area (TPSA) is 70.2 Å². The zero-order valence-electron chi connectivity index (χ0n) is 18.3. The average Bonchev–Trinajstić information content (AvgIpc) is 3.63. The summed E-state index contributed by atoms with van der Waals surface area (Å²) in [5, 5.41) is 8.85. The fourth-order valence-corrected chi connectivity index (χ4v) is 3.79. The molecule has 0 heterocycles. The molecule has 1 saturated carbocycles. The second-order valence-electron chi connectivity index (χ2n) is 8.32. The van der Waals surface area contributed by atoms with E-state index in [0.717, 1.165) is 24.8 Å². The van der Waals surface area contributed by atoms with Gasteiger partial charge in [0.1, 0.15) is 0 Å². The van der Waals surface area contributed by atoms with Crippen molar-refractivity contribution in [1.82, 2.24) is 10.6 Å². The predicted molar refractivity (Wildman–Crippen MR) is 128 cm³/mol. The number of carbonyl (C=O) groups is 2. The number of urea groups is 1. The highest BCUT2D eigenvalue weighted by Crippen LogP contribution is 2.27. The van der Waals surface area contributed by atoms with Crippen molar-refractivity contribution in [2.75, 3.05) is 11.9 Å². The molecule has 164 valence electrons. The first-order chi connectivity index (χ1) is 15.6. The lowest BCUT2D eigenvalue weighted by Crippen LogP contribution is -2.31. The van der Waals surface area contributed by atoms with Crippen LogP contribution in [0.25, 0.3) is 0 Å². The van der Waals surface area contributed by atoms with E-state index < -0.39 is 0 Å². The van der Waals surface area contributed by atoms with Gasteiger partial charge in [0.2, 0.25) is 0 Å². The van der Waals surface area contributed by atoms with E-state index in [0.29, 0.717) is 23.8 Å². The molecule has 0 radical (unpaired) electrons. The maximum atomic E-state index is 12.6. The molecule has 0 saturated heterocycles. The summed E-state index contributed by atoms with van der Waals surface area (Å²) in [6.45, 7) is 2.44. The van der Waals surface area contributed by atoms with Gasteiger partial charge in [-0.05, 0) is 55.0 Å². The molecule has 3 amide bonds. The van der Waals surface area contributed by atoms with Gasteiger partial charge in [-0.25, -0.2) is 4.79 Å². The number of carbonyl (C=O) groups excluding carboxylic acids is 2. The van der Waals surface area contributed by atoms with E-state index in [1.54, 1.807) is 12.1 Å². The van der Waals surface area contributed by atoms with Crippen molar-refractivity contribution in [3.63, 3.8) is 0 Å². The lowest BCUT2D eigenvalue weighted by atomic mass is 9.88. The molecule has 0 aliphatic heterocycles. The number of benzene rings is 3. The smallest absolute Gasteiger partial charge is 0.319 e. The van der Waals surface area contributed by atoms with Crippen LogP contribution < -0.4 is 16.0 Å². The lowest BCUT2D eigenvalue weighted by Gasteiger charge is -2.19. The number of hydrogen-bond acceptors (Lipinski definition) is 2. The van der Waals surface area contributed by atoms with Crippen LogP contribution in [-0.4, -0.2) is 24.5 Å². The second kappa shape index (κ2) is 10.1. The maximum Gasteiger partial charge on any atom is 0.319 e. The fourth-order valence-electron chi connectivity index (χ4n) is 3.79. The molecule has 3 aromatic carbocycles. The van der Waals surface area contributed by atoms with Crippen LogP contribution in [0.2, 0.25) is 0 Å². The van der Waals surface area contributed by atoms with Crippen molar-refractivity contribution in [3.8, 4) is 0 Å². The molecular formula is C27H29N3O2. The Morgan fingerprint density at radius 2 is 1.53 bits per heavy atom. The normalized spacial score (nSPS) is 12.9. The first-order valence-electron chi connectivity index (χ1n) is 11.2. The van der Waals surface area contributed by atoms with Crippen molar-refractivity contribution >= 4 is 17.6 Å². The Kier molecular flexibility index (Phi) is 6.85. The molecule has 0 spiro atoms. The van der Waals surface area contributed by atoms with Gasteiger partial charge in [0.15, 0.2) is 0 Å². The van der Waals surface area contributed by atoms with Crippen LogP contribution in [0.1, 0.15) is 52.2 Å². The number of nitrogens with one attached hydrogen (secondary N) is 3. The van der Waals surface area contributed by atoms with Gasteiger partial charge in [0.05, 0.1) is 0 Å². The van der Waals surface area contributed by atoms with Crippen LogP contribution >= 0.6 is 0 Å². The van der Waals surface area contributed by atoms with Gasteiger partial charge in [-0.3, -0.25) is 4.79 Å². The van der Waals surface area contributed by atoms with Crippen LogP contribution in [0, 0.1) is 6.92 Å². The summed E-state index contributed by atoms with van der Waals surface area (Å²) in [7, 11) is 0. The maximum absolute atomic E-state index is 12.6. The van der Waals surface area contributed by atoms with E-state index in [2.05, 4.69) is 40.2 Å². The molecule has 3 N–H and O–H groups in total. The summed E-state index contributed by atoms with van der Waals surface area (Å²) in [5.41, 5.74) is 4.58. The van der Waals surface area contributed by atoms with Gasteiger partial charge in [0, 0.05) is 29.8 Å². The summed E-state index contributed by atoms with van der Waals surface area (Å²) in [5.74, 6) is 0.110. The Bertz CT molecular complexity index is 1020. The first-order valence-corrected chi connectivity index (χ1v) is 11.2. The van der Waals surface area contributed by atoms with Gasteiger partial charge in [-0.2, -0.15) is 0 Å². The van der Waals surface area contributed by atoms with Crippen molar-refractivity contribution in [3.05, 3.63) is 101 Å². The molecule has 1 fully saturated rings. The standard InChI is InChI=1S/C27H29N3O2/c1-19-12-13-22(26(31)29-23-14-15-23)18-25(19)30-27(32)28-17-16-24(20-8-4-2-5-9-20)21-10-6-3-7-11-21/h2-13,18,23-24H,14-17H2,1H3,(H,29,31)(H2,28,30,32). The van der Waals surface area contributed by atoms with Gasteiger partial charge in [-0.15, -0.1) is 0 Å². The van der Waals surface area contributed by atoms with E-state index >= 15 is 0 Å². The Morgan fingerprint density at radius 1 is 0.906 bits per heavy atom. The Hall–Kier alpha value is -3.60. The predicted octanol–water partition coefficient (Wildman–Crippen LogP) is 5.23. The largest absolute Gasteiger partial charge is 0.349 e. The highest BCUT2D eigenvalue weighted by Gasteiger charge is 2.24. The molecule has 1 aliphatic carbocycles. The molecule has 3 aromatic rings. The van der Waals surface area contributed by atoms with E-state index in [1.807, 2.05) is 49.4 Å². The molecule has 0 unspecified atom stereocenters. The molecule has 0 bridgehead atoms. The van der Waals surface area contributed by atoms with Crippen molar-refractivity contribution in [1.29, 1.82) is 0 Å². The number of hydrogen-bond donors (Lipinski definition) is 3. The van der Waals surface area contributed by atoms with Crippen molar-refractivity contribution < 1.29 is 9.59 Å². The van der Waals surface area contributed by atoms with E-state index in [-0.39, 0.29) is 17.9 Å². The molecular weight excluding hydrogens is 398 g/mol. The summed E-state index contributed by atoms with van der Waals surface area (Å²) in [6, 6.07) is 26.1. The Labute approximate surface area is 189 Å². The second-order valence-corrected chi connectivity index (χ2v) is 8.32. The van der Waals surface area contributed by atoms with Crippen molar-refractivity contribution in [2.24, 2.45) is 0 Å². The fraction of sp³-hybridized carbons (Fsp3) is 0.259. The third-order valence-corrected chi connectivity index (χ3v) is 5.78. The monoisotopic (exact) mass is 427 g/mol. The van der Waals surface area contributed by atoms with Gasteiger partial charge >= 0.3 is 6.03 Å². The van der Waals surface area contributed by atoms with E-state index in [1.165, 1.54) is 11.1 Å². The molecule has 1 aliphatic rings. The van der Waals surface area contributed by atoms with Gasteiger partial charge in [-0.1, -0.05) is 66.7 Å². The minimum atomic E-state index is -0.271. The number of aryl methyl sites for hydroxylation is 1. The molecule has 5 heteroatoms. The molecule has 0 aromatic heterocycles. The highest BCUT2D eigenvalue weighted by atomic mass is 16.2. The van der Waals surface area contributed by atoms with Crippen molar-refractivity contribution in [2.45, 2.75) is 38.1 Å². The summed E-state index contributed by atoms with van der Waals surface area (Å²) >= 11 is 0. The zero-order chi connectivity index (χ0) is 22.3. The number of anilines is 1. The highest BCUT2D eigenvalue weighted by molar-refractivity contribution is 5.97. The number of rotatable bonds is 8. The SMILES string of the molecule is Cc1ccc(C(=O)NC2CC2)cc1NC(=O)NCCC(c1ccccc1)c1ccccc1. The van der Waals surface area contributed by atoms with Crippen LogP contribution in [0.3, 0.4) is 0 Å². The van der Waals surface area contributed by atoms with Crippen LogP contribution in [0.5, 0.6) is 0 Å². The van der Waals surface area contributed by atoms with Crippen LogP contribution in [0.4, 0.5) is 10.5 Å². The Balaban J connectivity index is 1.36. The van der Waals surface area contributed by atoms with Gasteiger partial charge < -0.3 is 16.0 Å². The molecule has 32 heavy (non-hydrogen) atoms. The molecule has 4 rings (SSSR count). The lowest BCUT2D eigenvalue weighted by molar-refractivity contribution is 0.0951. The third-order valence-electron chi connectivity index (χ3n) is 5.78. The minimum absolute atomic E-state index is 0.0930. The van der Waals surface area contributed by atoms with Crippen LogP contribution in [-0.2, 0) is 0 Å². The van der Waals surface area contributed by atoms with E-state index in [4.69, 9.17) is 0 Å². The quantitative estimate of drug-likeness (QED) is 0.461. The Morgan fingerprint density at radius 3 is 2.12 bits per heavy atom.